The SMILES string of the molecule is CCC(N)c1cccc(-n2cc(-c3ccccc3)cn2)c1. The van der Waals surface area contributed by atoms with Gasteiger partial charge in [0.05, 0.1) is 11.9 Å². The van der Waals surface area contributed by atoms with E-state index < -0.39 is 0 Å². The van der Waals surface area contributed by atoms with Crippen molar-refractivity contribution in [1.82, 2.24) is 9.78 Å². The third kappa shape index (κ3) is 2.88. The lowest BCUT2D eigenvalue weighted by molar-refractivity contribution is 0.697. The molecule has 0 amide bonds. The Labute approximate surface area is 125 Å². The molecule has 0 aliphatic rings. The second-order valence-corrected chi connectivity index (χ2v) is 5.15. The van der Waals surface area contributed by atoms with Gasteiger partial charge in [0, 0.05) is 17.8 Å². The summed E-state index contributed by atoms with van der Waals surface area (Å²) in [5.41, 5.74) is 10.6. The Morgan fingerprint density at radius 1 is 1.05 bits per heavy atom. The van der Waals surface area contributed by atoms with Gasteiger partial charge in [-0.05, 0) is 29.7 Å². The van der Waals surface area contributed by atoms with Gasteiger partial charge in [0.25, 0.3) is 0 Å². The largest absolute Gasteiger partial charge is 0.324 e. The van der Waals surface area contributed by atoms with Gasteiger partial charge in [-0.1, -0.05) is 49.4 Å². The maximum Gasteiger partial charge on any atom is 0.0649 e. The van der Waals surface area contributed by atoms with Crippen LogP contribution in [-0.2, 0) is 0 Å². The maximum atomic E-state index is 6.11. The third-order valence-corrected chi connectivity index (χ3v) is 3.69. The van der Waals surface area contributed by atoms with E-state index in [-0.39, 0.29) is 6.04 Å². The number of hydrogen-bond acceptors (Lipinski definition) is 2. The summed E-state index contributed by atoms with van der Waals surface area (Å²) < 4.78 is 1.90. The summed E-state index contributed by atoms with van der Waals surface area (Å²) in [7, 11) is 0. The lowest BCUT2D eigenvalue weighted by atomic mass is 10.1. The highest BCUT2D eigenvalue weighted by atomic mass is 15.3. The van der Waals surface area contributed by atoms with Crippen molar-refractivity contribution in [3.63, 3.8) is 0 Å². The van der Waals surface area contributed by atoms with Gasteiger partial charge in [-0.3, -0.25) is 0 Å². The molecule has 2 aromatic carbocycles. The van der Waals surface area contributed by atoms with Crippen molar-refractivity contribution >= 4 is 0 Å². The fraction of sp³-hybridized carbons (Fsp3) is 0.167. The molecule has 1 unspecified atom stereocenters. The second kappa shape index (κ2) is 5.94. The fourth-order valence-electron chi connectivity index (χ4n) is 2.38. The minimum atomic E-state index is 0.0779. The van der Waals surface area contributed by atoms with Gasteiger partial charge in [0.1, 0.15) is 0 Å². The minimum Gasteiger partial charge on any atom is -0.324 e. The summed E-state index contributed by atoms with van der Waals surface area (Å²) >= 11 is 0. The molecule has 1 heterocycles. The molecule has 1 aromatic heterocycles. The normalized spacial score (nSPS) is 12.3. The average molecular weight is 277 g/mol. The monoisotopic (exact) mass is 277 g/mol. The van der Waals surface area contributed by atoms with E-state index in [2.05, 4.69) is 36.3 Å². The summed E-state index contributed by atoms with van der Waals surface area (Å²) in [4.78, 5) is 0. The van der Waals surface area contributed by atoms with Crippen LogP contribution in [0.25, 0.3) is 16.8 Å². The zero-order chi connectivity index (χ0) is 14.7. The van der Waals surface area contributed by atoms with E-state index in [4.69, 9.17) is 5.73 Å². The van der Waals surface area contributed by atoms with Crippen molar-refractivity contribution in [1.29, 1.82) is 0 Å². The van der Waals surface area contributed by atoms with Gasteiger partial charge in [0.2, 0.25) is 0 Å². The van der Waals surface area contributed by atoms with Crippen LogP contribution in [0, 0.1) is 0 Å². The molecule has 0 saturated carbocycles. The molecule has 3 heteroatoms. The Balaban J connectivity index is 1.93. The molecule has 0 aliphatic carbocycles. The van der Waals surface area contributed by atoms with Crippen LogP contribution in [0.2, 0.25) is 0 Å². The second-order valence-electron chi connectivity index (χ2n) is 5.15. The molecule has 2 N–H and O–H groups in total. The first-order valence-corrected chi connectivity index (χ1v) is 7.24. The van der Waals surface area contributed by atoms with Gasteiger partial charge in [-0.2, -0.15) is 5.10 Å². The van der Waals surface area contributed by atoms with E-state index in [1.165, 1.54) is 5.56 Å². The van der Waals surface area contributed by atoms with E-state index >= 15 is 0 Å². The van der Waals surface area contributed by atoms with Crippen LogP contribution in [-0.4, -0.2) is 9.78 Å². The Bertz CT molecular complexity index is 716. The van der Waals surface area contributed by atoms with Crippen molar-refractivity contribution in [2.75, 3.05) is 0 Å². The molecular weight excluding hydrogens is 258 g/mol. The molecule has 3 rings (SSSR count). The zero-order valence-electron chi connectivity index (χ0n) is 12.1. The number of rotatable bonds is 4. The minimum absolute atomic E-state index is 0.0779. The van der Waals surface area contributed by atoms with Gasteiger partial charge in [-0.25, -0.2) is 4.68 Å². The third-order valence-electron chi connectivity index (χ3n) is 3.69. The summed E-state index contributed by atoms with van der Waals surface area (Å²) in [6, 6.07) is 18.6. The first kappa shape index (κ1) is 13.6. The Morgan fingerprint density at radius 3 is 2.62 bits per heavy atom. The first-order valence-electron chi connectivity index (χ1n) is 7.24. The standard InChI is InChI=1S/C18H19N3/c1-2-18(19)15-9-6-10-17(11-15)21-13-16(12-20-21)14-7-4-3-5-8-14/h3-13,18H,2,19H2,1H3. The number of nitrogens with two attached hydrogens (primary N) is 1. The molecule has 0 spiro atoms. The van der Waals surface area contributed by atoms with Gasteiger partial charge < -0.3 is 5.73 Å². The molecule has 0 aliphatic heterocycles. The highest BCUT2D eigenvalue weighted by Gasteiger charge is 2.07. The van der Waals surface area contributed by atoms with Crippen LogP contribution in [0.3, 0.4) is 0 Å². The summed E-state index contributed by atoms with van der Waals surface area (Å²) in [5.74, 6) is 0. The van der Waals surface area contributed by atoms with Crippen molar-refractivity contribution in [2.45, 2.75) is 19.4 Å². The number of aromatic nitrogens is 2. The van der Waals surface area contributed by atoms with E-state index in [9.17, 15) is 0 Å². The van der Waals surface area contributed by atoms with E-state index in [0.717, 1.165) is 23.2 Å². The molecule has 1 atom stereocenters. The van der Waals surface area contributed by atoms with Gasteiger partial charge >= 0.3 is 0 Å². The van der Waals surface area contributed by atoms with Crippen LogP contribution in [0.1, 0.15) is 24.9 Å². The van der Waals surface area contributed by atoms with Gasteiger partial charge in [-0.15, -0.1) is 0 Å². The van der Waals surface area contributed by atoms with Gasteiger partial charge in [0.15, 0.2) is 0 Å². The summed E-state index contributed by atoms with van der Waals surface area (Å²) in [6.45, 7) is 2.10. The number of hydrogen-bond donors (Lipinski definition) is 1. The quantitative estimate of drug-likeness (QED) is 0.784. The van der Waals surface area contributed by atoms with Crippen LogP contribution >= 0.6 is 0 Å². The highest BCUT2D eigenvalue weighted by molar-refractivity contribution is 5.62. The molecule has 0 saturated heterocycles. The molecule has 3 nitrogen and oxygen atoms in total. The lowest BCUT2D eigenvalue weighted by Gasteiger charge is -2.10. The molecule has 0 radical (unpaired) electrons. The van der Waals surface area contributed by atoms with Crippen LogP contribution in [0.5, 0.6) is 0 Å². The predicted octanol–water partition coefficient (Wildman–Crippen LogP) is 3.95. The number of nitrogens with zero attached hydrogens (tertiary/aromatic N) is 2. The van der Waals surface area contributed by atoms with Crippen molar-refractivity contribution < 1.29 is 0 Å². The lowest BCUT2D eigenvalue weighted by Crippen LogP contribution is -2.09. The highest BCUT2D eigenvalue weighted by Crippen LogP contribution is 2.21. The fourth-order valence-corrected chi connectivity index (χ4v) is 2.38. The molecule has 21 heavy (non-hydrogen) atoms. The summed E-state index contributed by atoms with van der Waals surface area (Å²) in [5, 5.41) is 4.46. The predicted molar refractivity (Wildman–Crippen MR) is 86.2 cm³/mol. The maximum absolute atomic E-state index is 6.11. The van der Waals surface area contributed by atoms with E-state index in [0.29, 0.717) is 0 Å². The van der Waals surface area contributed by atoms with Crippen molar-refractivity contribution in [2.24, 2.45) is 5.73 Å². The van der Waals surface area contributed by atoms with Crippen LogP contribution in [0.15, 0.2) is 67.0 Å². The van der Waals surface area contributed by atoms with Crippen molar-refractivity contribution in [3.8, 4) is 16.8 Å². The molecular formula is C18H19N3. The van der Waals surface area contributed by atoms with E-state index in [1.807, 2.05) is 47.4 Å². The Kier molecular flexibility index (Phi) is 3.84. The van der Waals surface area contributed by atoms with Crippen molar-refractivity contribution in [3.05, 3.63) is 72.6 Å². The smallest absolute Gasteiger partial charge is 0.0649 e. The average Bonchev–Trinajstić information content (AvgIpc) is 3.05. The molecule has 106 valence electrons. The number of benzene rings is 2. The van der Waals surface area contributed by atoms with Crippen LogP contribution in [0.4, 0.5) is 0 Å². The van der Waals surface area contributed by atoms with E-state index in [1.54, 1.807) is 0 Å². The zero-order valence-corrected chi connectivity index (χ0v) is 12.1. The molecule has 3 aromatic rings. The first-order chi connectivity index (χ1) is 10.3. The van der Waals surface area contributed by atoms with Crippen LogP contribution < -0.4 is 5.73 Å². The Morgan fingerprint density at radius 2 is 1.86 bits per heavy atom. The summed E-state index contributed by atoms with van der Waals surface area (Å²) in [6.07, 6.45) is 4.87. The Hall–Kier alpha value is -2.39. The molecule has 0 fully saturated rings. The topological polar surface area (TPSA) is 43.8 Å². The molecule has 0 bridgehead atoms.